The van der Waals surface area contributed by atoms with Crippen molar-refractivity contribution in [1.29, 1.82) is 0 Å². The summed E-state index contributed by atoms with van der Waals surface area (Å²) < 4.78 is 5.16. The SMILES string of the molecule is Cc1cccc(CCC(=O)NCC2CCN(C(=O)CCNC(=O)OC(C)(C)C)CC2)c1. The first-order valence-electron chi connectivity index (χ1n) is 11.2. The van der Waals surface area contributed by atoms with Crippen LogP contribution in [0, 0.1) is 12.8 Å². The van der Waals surface area contributed by atoms with Gasteiger partial charge in [0.1, 0.15) is 5.60 Å². The van der Waals surface area contributed by atoms with E-state index in [1.807, 2.05) is 11.0 Å². The van der Waals surface area contributed by atoms with Crippen molar-refractivity contribution < 1.29 is 19.1 Å². The first-order chi connectivity index (χ1) is 14.6. The number of piperidine rings is 1. The van der Waals surface area contributed by atoms with E-state index < -0.39 is 11.7 Å². The summed E-state index contributed by atoms with van der Waals surface area (Å²) in [7, 11) is 0. The summed E-state index contributed by atoms with van der Waals surface area (Å²) in [5, 5.41) is 5.66. The monoisotopic (exact) mass is 431 g/mol. The number of ether oxygens (including phenoxy) is 1. The fourth-order valence-electron chi connectivity index (χ4n) is 3.60. The van der Waals surface area contributed by atoms with Gasteiger partial charge < -0.3 is 20.3 Å². The molecule has 1 fully saturated rings. The van der Waals surface area contributed by atoms with Crippen LogP contribution < -0.4 is 10.6 Å². The summed E-state index contributed by atoms with van der Waals surface area (Å²) in [5.41, 5.74) is 1.84. The third kappa shape index (κ3) is 9.85. The molecule has 0 unspecified atom stereocenters. The molecule has 3 amide bonds. The van der Waals surface area contributed by atoms with E-state index in [1.54, 1.807) is 20.8 Å². The second kappa shape index (κ2) is 11.7. The highest BCUT2D eigenvalue weighted by molar-refractivity contribution is 5.77. The smallest absolute Gasteiger partial charge is 0.407 e. The van der Waals surface area contributed by atoms with E-state index >= 15 is 0 Å². The summed E-state index contributed by atoms with van der Waals surface area (Å²) in [6.45, 7) is 9.76. The molecular weight excluding hydrogens is 394 g/mol. The van der Waals surface area contributed by atoms with Gasteiger partial charge in [-0.1, -0.05) is 29.8 Å². The molecule has 31 heavy (non-hydrogen) atoms. The molecule has 1 saturated heterocycles. The zero-order valence-electron chi connectivity index (χ0n) is 19.3. The summed E-state index contributed by atoms with van der Waals surface area (Å²) in [6, 6.07) is 8.24. The fraction of sp³-hybridized carbons (Fsp3) is 0.625. The molecule has 1 aromatic rings. The molecule has 7 heteroatoms. The van der Waals surface area contributed by atoms with Gasteiger partial charge in [-0.05, 0) is 58.4 Å². The van der Waals surface area contributed by atoms with E-state index in [9.17, 15) is 14.4 Å². The predicted molar refractivity (Wildman–Crippen MR) is 121 cm³/mol. The summed E-state index contributed by atoms with van der Waals surface area (Å²) in [5.74, 6) is 0.511. The maximum absolute atomic E-state index is 12.3. The van der Waals surface area contributed by atoms with Crippen LogP contribution in [-0.4, -0.2) is 54.6 Å². The number of alkyl carbamates (subject to hydrolysis) is 1. The van der Waals surface area contributed by atoms with Gasteiger partial charge in [0.2, 0.25) is 11.8 Å². The molecule has 0 radical (unpaired) electrons. The van der Waals surface area contributed by atoms with Gasteiger partial charge in [-0.15, -0.1) is 0 Å². The lowest BCUT2D eigenvalue weighted by Crippen LogP contribution is -2.42. The number of rotatable bonds is 8. The van der Waals surface area contributed by atoms with Crippen LogP contribution in [0.2, 0.25) is 0 Å². The number of hydrogen-bond donors (Lipinski definition) is 2. The summed E-state index contributed by atoms with van der Waals surface area (Å²) in [4.78, 5) is 38.0. The quantitative estimate of drug-likeness (QED) is 0.662. The Balaban J connectivity index is 1.58. The van der Waals surface area contributed by atoms with Crippen LogP contribution in [0.25, 0.3) is 0 Å². The number of nitrogens with zero attached hydrogens (tertiary/aromatic N) is 1. The molecule has 0 aromatic heterocycles. The van der Waals surface area contributed by atoms with Crippen molar-refractivity contribution >= 4 is 17.9 Å². The molecule has 1 aliphatic rings. The van der Waals surface area contributed by atoms with Crippen LogP contribution in [-0.2, 0) is 20.7 Å². The van der Waals surface area contributed by atoms with Crippen molar-refractivity contribution in [2.75, 3.05) is 26.2 Å². The van der Waals surface area contributed by atoms with E-state index in [1.165, 1.54) is 11.1 Å². The maximum Gasteiger partial charge on any atom is 0.407 e. The Hall–Kier alpha value is -2.57. The van der Waals surface area contributed by atoms with Crippen molar-refractivity contribution in [2.45, 2.75) is 65.4 Å². The van der Waals surface area contributed by atoms with Crippen LogP contribution in [0.5, 0.6) is 0 Å². The Morgan fingerprint density at radius 3 is 2.45 bits per heavy atom. The number of benzene rings is 1. The molecule has 172 valence electrons. The second-order valence-corrected chi connectivity index (χ2v) is 9.30. The van der Waals surface area contributed by atoms with Gasteiger partial charge >= 0.3 is 6.09 Å². The minimum atomic E-state index is -0.550. The highest BCUT2D eigenvalue weighted by Gasteiger charge is 2.23. The average Bonchev–Trinajstić information content (AvgIpc) is 2.69. The van der Waals surface area contributed by atoms with Crippen molar-refractivity contribution in [3.63, 3.8) is 0 Å². The fourth-order valence-corrected chi connectivity index (χ4v) is 3.60. The van der Waals surface area contributed by atoms with Gasteiger partial charge in [0.25, 0.3) is 0 Å². The Labute approximate surface area is 185 Å². The molecular formula is C24H37N3O4. The molecule has 1 aromatic carbocycles. The normalized spacial score (nSPS) is 14.8. The maximum atomic E-state index is 12.3. The molecule has 0 saturated carbocycles. The standard InChI is InChI=1S/C24H37N3O4/c1-18-6-5-7-19(16-18)8-9-21(28)26-17-20-11-14-27(15-12-20)22(29)10-13-25-23(30)31-24(2,3)4/h5-7,16,20H,8-15,17H2,1-4H3,(H,25,30)(H,26,28). The van der Waals surface area contributed by atoms with Gasteiger partial charge in [-0.3, -0.25) is 9.59 Å². The molecule has 0 spiro atoms. The Kier molecular flexibility index (Phi) is 9.34. The number of amides is 3. The predicted octanol–water partition coefficient (Wildman–Crippen LogP) is 3.20. The summed E-state index contributed by atoms with van der Waals surface area (Å²) >= 11 is 0. The summed E-state index contributed by atoms with van der Waals surface area (Å²) in [6.07, 6.45) is 2.76. The third-order valence-electron chi connectivity index (χ3n) is 5.29. The molecule has 1 aliphatic heterocycles. The molecule has 1 heterocycles. The van der Waals surface area contributed by atoms with Crippen LogP contribution in [0.3, 0.4) is 0 Å². The first kappa shape index (κ1) is 24.7. The number of likely N-dealkylation sites (tertiary alicyclic amines) is 1. The highest BCUT2D eigenvalue weighted by Crippen LogP contribution is 2.17. The van der Waals surface area contributed by atoms with Gasteiger partial charge in [0.05, 0.1) is 0 Å². The molecule has 2 N–H and O–H groups in total. The number of hydrogen-bond acceptors (Lipinski definition) is 4. The van der Waals surface area contributed by atoms with Crippen LogP contribution in [0.4, 0.5) is 4.79 Å². The van der Waals surface area contributed by atoms with E-state index in [2.05, 4.69) is 35.8 Å². The van der Waals surface area contributed by atoms with Crippen molar-refractivity contribution in [2.24, 2.45) is 5.92 Å². The lowest BCUT2D eigenvalue weighted by Gasteiger charge is -2.32. The van der Waals surface area contributed by atoms with Gasteiger partial charge in [0.15, 0.2) is 0 Å². The van der Waals surface area contributed by atoms with Gasteiger partial charge in [-0.2, -0.15) is 0 Å². The molecule has 0 aliphatic carbocycles. The number of aryl methyl sites for hydroxylation is 2. The highest BCUT2D eigenvalue weighted by atomic mass is 16.6. The van der Waals surface area contributed by atoms with E-state index in [0.717, 1.165) is 19.3 Å². The number of carbonyl (C=O) groups is 3. The number of carbonyl (C=O) groups excluding carboxylic acids is 3. The zero-order chi connectivity index (χ0) is 22.9. The Morgan fingerprint density at radius 1 is 1.10 bits per heavy atom. The average molecular weight is 432 g/mol. The van der Waals surface area contributed by atoms with Gasteiger partial charge in [-0.25, -0.2) is 4.79 Å². The topological polar surface area (TPSA) is 87.7 Å². The Morgan fingerprint density at radius 2 is 1.81 bits per heavy atom. The zero-order valence-corrected chi connectivity index (χ0v) is 19.3. The van der Waals surface area contributed by atoms with Crippen LogP contribution in [0.15, 0.2) is 24.3 Å². The van der Waals surface area contributed by atoms with Crippen molar-refractivity contribution in [3.8, 4) is 0 Å². The third-order valence-corrected chi connectivity index (χ3v) is 5.29. The van der Waals surface area contributed by atoms with E-state index in [-0.39, 0.29) is 24.8 Å². The molecule has 2 rings (SSSR count). The minimum absolute atomic E-state index is 0.0386. The lowest BCUT2D eigenvalue weighted by molar-refractivity contribution is -0.132. The van der Waals surface area contributed by atoms with Crippen molar-refractivity contribution in [1.82, 2.24) is 15.5 Å². The van der Waals surface area contributed by atoms with E-state index in [0.29, 0.717) is 32.0 Å². The Bertz CT molecular complexity index is 749. The largest absolute Gasteiger partial charge is 0.444 e. The van der Waals surface area contributed by atoms with E-state index in [4.69, 9.17) is 4.74 Å². The molecule has 0 atom stereocenters. The molecule has 0 bridgehead atoms. The lowest BCUT2D eigenvalue weighted by atomic mass is 9.96. The second-order valence-electron chi connectivity index (χ2n) is 9.30. The van der Waals surface area contributed by atoms with Gasteiger partial charge in [0, 0.05) is 39.0 Å². The first-order valence-corrected chi connectivity index (χ1v) is 11.2. The van der Waals surface area contributed by atoms with Crippen molar-refractivity contribution in [3.05, 3.63) is 35.4 Å². The van der Waals surface area contributed by atoms with Crippen LogP contribution in [0.1, 0.15) is 57.6 Å². The van der Waals surface area contributed by atoms with Crippen LogP contribution >= 0.6 is 0 Å². The number of nitrogens with one attached hydrogen (secondary N) is 2. The molecule has 7 nitrogen and oxygen atoms in total. The minimum Gasteiger partial charge on any atom is -0.444 e.